The highest BCUT2D eigenvalue weighted by Crippen LogP contribution is 2.38. The van der Waals surface area contributed by atoms with Gasteiger partial charge in [-0.1, -0.05) is 118 Å². The zero-order chi connectivity index (χ0) is 38.6. The van der Waals surface area contributed by atoms with Crippen molar-refractivity contribution in [3.05, 3.63) is 72.9 Å². The molecule has 0 aromatic rings. The maximum absolute atomic E-state index is 12.8. The van der Waals surface area contributed by atoms with Gasteiger partial charge >= 0.3 is 0 Å². The largest absolute Gasteiger partial charge is 0.756 e. The average molecular weight is 751 g/mol. The third kappa shape index (κ3) is 36.3. The van der Waals surface area contributed by atoms with Crippen LogP contribution in [0.3, 0.4) is 0 Å². The van der Waals surface area contributed by atoms with E-state index in [0.29, 0.717) is 17.4 Å². The number of phosphoric acid groups is 1. The maximum atomic E-state index is 12.8. The van der Waals surface area contributed by atoms with Crippen LogP contribution in [0, 0.1) is 0 Å². The predicted molar refractivity (Wildman–Crippen MR) is 216 cm³/mol. The van der Waals surface area contributed by atoms with Crippen LogP contribution in [-0.4, -0.2) is 80.3 Å². The first-order valence-electron chi connectivity index (χ1n) is 19.9. The minimum absolute atomic E-state index is 0.0253. The van der Waals surface area contributed by atoms with Crippen LogP contribution in [-0.2, 0) is 18.4 Å². The van der Waals surface area contributed by atoms with Gasteiger partial charge in [0.15, 0.2) is 0 Å². The minimum atomic E-state index is -4.61. The molecule has 1 unspecified atom stereocenters. The van der Waals surface area contributed by atoms with E-state index in [1.165, 1.54) is 38.5 Å². The van der Waals surface area contributed by atoms with Gasteiger partial charge in [-0.05, 0) is 77.0 Å². The number of unbranched alkanes of at least 4 members (excludes halogenated alkanes) is 11. The van der Waals surface area contributed by atoms with Gasteiger partial charge in [0.25, 0.3) is 7.82 Å². The van der Waals surface area contributed by atoms with Crippen molar-refractivity contribution in [1.82, 2.24) is 5.32 Å². The highest BCUT2D eigenvalue weighted by atomic mass is 31.2. The van der Waals surface area contributed by atoms with Gasteiger partial charge in [-0.2, -0.15) is 0 Å². The van der Waals surface area contributed by atoms with Crippen molar-refractivity contribution in [2.45, 2.75) is 141 Å². The Labute approximate surface area is 317 Å². The summed E-state index contributed by atoms with van der Waals surface area (Å²) in [6.07, 6.45) is 42.5. The zero-order valence-electron chi connectivity index (χ0n) is 33.2. The van der Waals surface area contributed by atoms with Crippen molar-refractivity contribution in [2.24, 2.45) is 0 Å². The monoisotopic (exact) mass is 751 g/mol. The van der Waals surface area contributed by atoms with Crippen LogP contribution in [0.2, 0.25) is 0 Å². The third-order valence-corrected chi connectivity index (χ3v) is 9.16. The lowest BCUT2D eigenvalue weighted by atomic mass is 10.1. The van der Waals surface area contributed by atoms with E-state index in [9.17, 15) is 19.4 Å². The van der Waals surface area contributed by atoms with Gasteiger partial charge in [-0.15, -0.1) is 0 Å². The molecule has 0 fully saturated rings. The fourth-order valence-electron chi connectivity index (χ4n) is 4.96. The molecule has 0 saturated heterocycles. The molecule has 0 bridgehead atoms. The third-order valence-electron chi connectivity index (χ3n) is 8.19. The van der Waals surface area contributed by atoms with Gasteiger partial charge in [0, 0.05) is 13.0 Å². The highest BCUT2D eigenvalue weighted by molar-refractivity contribution is 7.45. The van der Waals surface area contributed by atoms with Crippen molar-refractivity contribution in [3.8, 4) is 0 Å². The molecule has 0 aliphatic rings. The van der Waals surface area contributed by atoms with E-state index in [4.69, 9.17) is 14.2 Å². The number of aliphatic hydroxyl groups is 2. The highest BCUT2D eigenvalue weighted by Gasteiger charge is 2.23. The van der Waals surface area contributed by atoms with E-state index in [1.807, 2.05) is 27.2 Å². The number of hydrogen-bond acceptors (Lipinski definition) is 7. The van der Waals surface area contributed by atoms with E-state index in [-0.39, 0.29) is 25.5 Å². The fourth-order valence-corrected chi connectivity index (χ4v) is 5.68. The van der Waals surface area contributed by atoms with Crippen molar-refractivity contribution < 1.29 is 38.0 Å². The predicted octanol–water partition coefficient (Wildman–Crippen LogP) is 8.80. The molecule has 10 heteroatoms. The SMILES string of the molecule is CCCCCCCC/C=C\CC/C=C/[C@@H](O)[C@H](COP(=O)([O-])OCC[N+](C)(C)C)NC(=O)CCC/C=C\C/C=C\C/C=C\C/C=C\CCCCCO. The molecule has 0 saturated carbocycles. The Kier molecular flexibility index (Phi) is 33.3. The Morgan fingerprint density at radius 3 is 1.81 bits per heavy atom. The lowest BCUT2D eigenvalue weighted by Gasteiger charge is -2.29. The number of phosphoric ester groups is 1. The van der Waals surface area contributed by atoms with Crippen molar-refractivity contribution in [3.63, 3.8) is 0 Å². The van der Waals surface area contributed by atoms with Crippen LogP contribution < -0.4 is 10.2 Å². The summed E-state index contributed by atoms with van der Waals surface area (Å²) in [4.78, 5) is 25.2. The Bertz CT molecular complexity index is 1080. The van der Waals surface area contributed by atoms with Crippen LogP contribution in [0.15, 0.2) is 72.9 Å². The lowest BCUT2D eigenvalue weighted by Crippen LogP contribution is -2.45. The number of quaternary nitrogens is 1. The van der Waals surface area contributed by atoms with E-state index in [0.717, 1.165) is 70.6 Å². The summed E-state index contributed by atoms with van der Waals surface area (Å²) in [6, 6.07) is -0.940. The molecule has 3 atom stereocenters. The van der Waals surface area contributed by atoms with Gasteiger partial charge in [0.1, 0.15) is 13.2 Å². The smallest absolute Gasteiger partial charge is 0.268 e. The number of nitrogens with zero attached hydrogens (tertiary/aromatic N) is 1. The Hall–Kier alpha value is -2.10. The number of carbonyl (C=O) groups excluding carboxylic acids is 1. The summed E-state index contributed by atoms with van der Waals surface area (Å²) >= 11 is 0. The number of hydrogen-bond donors (Lipinski definition) is 3. The number of likely N-dealkylation sites (N-methyl/N-ethyl adjacent to an activating group) is 1. The second-order valence-electron chi connectivity index (χ2n) is 14.3. The molecule has 0 aromatic carbocycles. The Morgan fingerprint density at radius 2 is 1.21 bits per heavy atom. The first-order chi connectivity index (χ1) is 25.0. The molecule has 0 aliphatic heterocycles. The van der Waals surface area contributed by atoms with Crippen molar-refractivity contribution in [1.29, 1.82) is 0 Å². The number of rotatable bonds is 35. The van der Waals surface area contributed by atoms with Gasteiger partial charge in [0.05, 0.1) is 39.9 Å². The minimum Gasteiger partial charge on any atom is -0.756 e. The molecule has 9 nitrogen and oxygen atoms in total. The summed E-state index contributed by atoms with van der Waals surface area (Å²) in [6.45, 7) is 2.53. The molecule has 1 amide bonds. The summed E-state index contributed by atoms with van der Waals surface area (Å²) in [5.41, 5.74) is 0. The van der Waals surface area contributed by atoms with Crippen LogP contribution >= 0.6 is 7.82 Å². The summed E-state index contributed by atoms with van der Waals surface area (Å²) in [5, 5.41) is 22.4. The van der Waals surface area contributed by atoms with Gasteiger partial charge in [-0.3, -0.25) is 9.36 Å². The maximum Gasteiger partial charge on any atom is 0.268 e. The second kappa shape index (κ2) is 34.7. The first kappa shape index (κ1) is 49.9. The fraction of sp³-hybridized carbons (Fsp3) is 0.690. The Balaban J connectivity index is 4.65. The van der Waals surface area contributed by atoms with Crippen LogP contribution in [0.25, 0.3) is 0 Å². The second-order valence-corrected chi connectivity index (χ2v) is 15.8. The van der Waals surface area contributed by atoms with Gasteiger partial charge < -0.3 is 34.0 Å². The van der Waals surface area contributed by atoms with Crippen molar-refractivity contribution in [2.75, 3.05) is 47.5 Å². The topological polar surface area (TPSA) is 128 Å². The average Bonchev–Trinajstić information content (AvgIpc) is 3.09. The molecule has 52 heavy (non-hydrogen) atoms. The molecule has 0 aliphatic carbocycles. The molecule has 0 aromatic heterocycles. The van der Waals surface area contributed by atoms with Gasteiger partial charge in [0.2, 0.25) is 5.91 Å². The normalized spacial score (nSPS) is 15.3. The van der Waals surface area contributed by atoms with Crippen LogP contribution in [0.1, 0.15) is 129 Å². The van der Waals surface area contributed by atoms with Crippen molar-refractivity contribution >= 4 is 13.7 Å². The summed E-state index contributed by atoms with van der Waals surface area (Å²) in [7, 11) is 1.17. The molecule has 0 rings (SSSR count). The number of allylic oxidation sites excluding steroid dienone is 11. The number of aliphatic hydroxyl groups excluding tert-OH is 2. The number of carbonyl (C=O) groups is 1. The van der Waals surface area contributed by atoms with Crippen LogP contribution in [0.5, 0.6) is 0 Å². The quantitative estimate of drug-likeness (QED) is 0.0256. The van der Waals surface area contributed by atoms with Crippen LogP contribution in [0.4, 0.5) is 0 Å². The summed E-state index contributed by atoms with van der Waals surface area (Å²) in [5.74, 6) is -0.276. The van der Waals surface area contributed by atoms with E-state index in [1.54, 1.807) is 6.08 Å². The molecular weight excluding hydrogens is 675 g/mol. The summed E-state index contributed by atoms with van der Waals surface area (Å²) < 4.78 is 23.0. The molecule has 0 spiro atoms. The zero-order valence-corrected chi connectivity index (χ0v) is 34.1. The standard InChI is InChI=1S/C42H75N2O7P/c1-5-6-7-8-9-10-11-19-22-25-28-31-34-41(46)40(39-51-52(48,49)50-38-36-44(2,3)4)43-42(47)35-32-29-26-23-20-17-15-13-12-14-16-18-21-24-27-30-33-37-45/h12,14-15,17-19,21-23,26,31,34,40-41,45-46H,5-11,13,16,20,24-25,27-30,32-33,35-39H2,1-4H3,(H-,43,47,48,49)/b14-12-,17-15-,21-18-,22-19-,26-23-,34-31+/t40-,41+/m0/s1. The van der Waals surface area contributed by atoms with E-state index < -0.39 is 26.6 Å². The molecule has 3 N–H and O–H groups in total. The van der Waals surface area contributed by atoms with E-state index >= 15 is 0 Å². The Morgan fingerprint density at radius 1 is 0.712 bits per heavy atom. The van der Waals surface area contributed by atoms with E-state index in [2.05, 4.69) is 73.0 Å². The molecule has 0 heterocycles. The first-order valence-corrected chi connectivity index (χ1v) is 21.4. The molecule has 300 valence electrons. The number of amides is 1. The number of nitrogens with one attached hydrogen (secondary N) is 1. The van der Waals surface area contributed by atoms with Gasteiger partial charge in [-0.25, -0.2) is 0 Å². The molecule has 0 radical (unpaired) electrons. The lowest BCUT2D eigenvalue weighted by molar-refractivity contribution is -0.870. The molecular formula is C42H75N2O7P.